The molecule has 1 saturated heterocycles. The van der Waals surface area contributed by atoms with Gasteiger partial charge in [-0.3, -0.25) is 4.79 Å². The largest absolute Gasteiger partial charge is 0.481 e. The number of anilines is 2. The van der Waals surface area contributed by atoms with Gasteiger partial charge in [0.05, 0.1) is 18.4 Å². The Bertz CT molecular complexity index is 1420. The zero-order valence-corrected chi connectivity index (χ0v) is 21.8. The summed E-state index contributed by atoms with van der Waals surface area (Å²) in [6, 6.07) is 7.92. The Morgan fingerprint density at radius 1 is 1.25 bits per heavy atom. The molecule has 0 spiro atoms. The van der Waals surface area contributed by atoms with Crippen LogP contribution >= 0.6 is 0 Å². The number of carbonyl (C=O) groups excluding carboxylic acids is 1. The van der Waals surface area contributed by atoms with Crippen LogP contribution in [0, 0.1) is 12.8 Å². The second-order valence-corrected chi connectivity index (χ2v) is 11.3. The molecule has 190 valence electrons. The number of methoxy groups -OCH3 is 1. The first-order chi connectivity index (χ1) is 16.9. The fourth-order valence-electron chi connectivity index (χ4n) is 4.73. The van der Waals surface area contributed by atoms with Gasteiger partial charge in [0, 0.05) is 35.6 Å². The lowest BCUT2D eigenvalue weighted by atomic mass is 9.97. The zero-order valence-electron chi connectivity index (χ0n) is 20.9. The minimum atomic E-state index is -4.25. The molecule has 0 saturated carbocycles. The zero-order chi connectivity index (χ0) is 26.3. The van der Waals surface area contributed by atoms with Crippen molar-refractivity contribution in [3.8, 4) is 17.1 Å². The van der Waals surface area contributed by atoms with Gasteiger partial charge in [-0.1, -0.05) is 6.92 Å². The van der Waals surface area contributed by atoms with E-state index in [4.69, 9.17) is 15.5 Å². The van der Waals surface area contributed by atoms with Crippen LogP contribution in [-0.2, 0) is 10.0 Å². The highest BCUT2D eigenvalue weighted by molar-refractivity contribution is 7.90. The number of nitrogens with one attached hydrogen (secondary N) is 1. The monoisotopic (exact) mass is 510 g/mol. The van der Waals surface area contributed by atoms with Gasteiger partial charge < -0.3 is 15.4 Å². The Hall–Kier alpha value is -3.73. The number of amides is 1. The number of hydrogen-bond donors (Lipinski definition) is 2. The molecule has 1 amide bonds. The lowest BCUT2D eigenvalue weighted by molar-refractivity contribution is 0.0981. The van der Waals surface area contributed by atoms with Gasteiger partial charge in [0.1, 0.15) is 16.5 Å². The van der Waals surface area contributed by atoms with Gasteiger partial charge in [-0.25, -0.2) is 28.1 Å². The van der Waals surface area contributed by atoms with Crippen LogP contribution in [0.3, 0.4) is 0 Å². The van der Waals surface area contributed by atoms with E-state index in [0.717, 1.165) is 17.5 Å². The van der Waals surface area contributed by atoms with Crippen molar-refractivity contribution in [2.24, 2.45) is 5.92 Å². The molecule has 10 nitrogen and oxygen atoms in total. The van der Waals surface area contributed by atoms with Gasteiger partial charge in [0.25, 0.3) is 15.9 Å². The number of carbonyl (C=O) groups is 1. The summed E-state index contributed by atoms with van der Waals surface area (Å²) >= 11 is 0. The Morgan fingerprint density at radius 2 is 2.00 bits per heavy atom. The van der Waals surface area contributed by atoms with E-state index in [9.17, 15) is 13.2 Å². The molecule has 0 radical (unpaired) electrons. The number of rotatable bonds is 6. The van der Waals surface area contributed by atoms with E-state index in [1.165, 1.54) is 18.3 Å². The average molecular weight is 511 g/mol. The van der Waals surface area contributed by atoms with Crippen molar-refractivity contribution in [1.29, 1.82) is 0 Å². The van der Waals surface area contributed by atoms with Gasteiger partial charge >= 0.3 is 0 Å². The van der Waals surface area contributed by atoms with Crippen LogP contribution < -0.4 is 20.1 Å². The first-order valence-corrected chi connectivity index (χ1v) is 13.0. The Morgan fingerprint density at radius 3 is 2.61 bits per heavy atom. The summed E-state index contributed by atoms with van der Waals surface area (Å²) in [5.41, 5.74) is 7.80. The number of aromatic nitrogens is 3. The average Bonchev–Trinajstić information content (AvgIpc) is 3.10. The van der Waals surface area contributed by atoms with E-state index < -0.39 is 15.9 Å². The van der Waals surface area contributed by atoms with Crippen LogP contribution in [0.2, 0.25) is 0 Å². The fraction of sp³-hybridized carbons (Fsp3) is 0.360. The van der Waals surface area contributed by atoms with E-state index in [0.29, 0.717) is 29.9 Å². The van der Waals surface area contributed by atoms with E-state index in [1.807, 2.05) is 13.0 Å². The van der Waals surface area contributed by atoms with E-state index >= 15 is 0 Å². The minimum absolute atomic E-state index is 0.144. The second kappa shape index (κ2) is 9.38. The lowest BCUT2D eigenvalue weighted by Crippen LogP contribution is -2.41. The third-order valence-corrected chi connectivity index (χ3v) is 7.66. The molecule has 0 aromatic carbocycles. The molecule has 1 atom stereocenters. The lowest BCUT2D eigenvalue weighted by Gasteiger charge is -2.34. The summed E-state index contributed by atoms with van der Waals surface area (Å²) < 4.78 is 33.3. The number of nitrogens with zero attached hydrogens (tertiary/aromatic N) is 4. The van der Waals surface area contributed by atoms with Crippen molar-refractivity contribution in [2.75, 3.05) is 24.3 Å². The van der Waals surface area contributed by atoms with Gasteiger partial charge in [0.15, 0.2) is 0 Å². The van der Waals surface area contributed by atoms with Crippen molar-refractivity contribution in [1.82, 2.24) is 19.7 Å². The highest BCUT2D eigenvalue weighted by atomic mass is 32.2. The Balaban J connectivity index is 1.79. The molecule has 0 unspecified atom stereocenters. The van der Waals surface area contributed by atoms with Crippen molar-refractivity contribution in [3.63, 3.8) is 0 Å². The Labute approximate surface area is 211 Å². The number of ether oxygens (including phenoxy) is 1. The van der Waals surface area contributed by atoms with Crippen LogP contribution in [0.1, 0.15) is 43.1 Å². The second-order valence-electron chi connectivity index (χ2n) is 9.67. The maximum Gasteiger partial charge on any atom is 0.268 e. The normalized spacial score (nSPS) is 17.1. The van der Waals surface area contributed by atoms with Crippen molar-refractivity contribution in [3.05, 3.63) is 53.9 Å². The van der Waals surface area contributed by atoms with Crippen LogP contribution in [0.5, 0.6) is 5.88 Å². The predicted octanol–water partition coefficient (Wildman–Crippen LogP) is 3.18. The number of pyridine rings is 3. The molecular weight excluding hydrogens is 480 g/mol. The van der Waals surface area contributed by atoms with E-state index in [1.54, 1.807) is 25.4 Å². The molecule has 1 fully saturated rings. The molecule has 0 bridgehead atoms. The molecule has 3 N–H and O–H groups in total. The number of nitrogen functional groups attached to an aromatic ring is 1. The summed E-state index contributed by atoms with van der Waals surface area (Å²) in [7, 11) is -2.69. The molecule has 3 aromatic heterocycles. The predicted molar refractivity (Wildman–Crippen MR) is 137 cm³/mol. The van der Waals surface area contributed by atoms with Crippen LogP contribution in [-0.4, -0.2) is 48.5 Å². The molecule has 11 heteroatoms. The van der Waals surface area contributed by atoms with Gasteiger partial charge in [-0.2, -0.15) is 0 Å². The fourth-order valence-corrected chi connectivity index (χ4v) is 5.78. The topological polar surface area (TPSA) is 140 Å². The first kappa shape index (κ1) is 25.4. The molecular formula is C25H30N6O4S. The molecule has 0 aliphatic carbocycles. The number of hydrogen-bond acceptors (Lipinski definition) is 9. The van der Waals surface area contributed by atoms with Gasteiger partial charge in [-0.15, -0.1) is 0 Å². The molecule has 3 aromatic rings. The summed E-state index contributed by atoms with van der Waals surface area (Å²) in [6.07, 6.45) is 3.93. The molecule has 4 heterocycles. The molecule has 1 aliphatic rings. The van der Waals surface area contributed by atoms with Crippen molar-refractivity contribution in [2.45, 2.75) is 44.6 Å². The van der Waals surface area contributed by atoms with E-state index in [2.05, 4.69) is 40.4 Å². The highest BCUT2D eigenvalue weighted by Crippen LogP contribution is 2.38. The molecule has 36 heavy (non-hydrogen) atoms. The summed E-state index contributed by atoms with van der Waals surface area (Å²) in [5.74, 6) is 0.298. The summed E-state index contributed by atoms with van der Waals surface area (Å²) in [6.45, 7) is 8.86. The SMILES string of the molecule is COc1ncc(-c2ccc(C(=O)NS(=O)(=O)c3cccnc3N)c(N3C[C@@H](C)CC3(C)C)n2)cc1C. The number of aryl methyl sites for hydroxylation is 1. The van der Waals surface area contributed by atoms with Gasteiger partial charge in [0.2, 0.25) is 5.88 Å². The highest BCUT2D eigenvalue weighted by Gasteiger charge is 2.39. The summed E-state index contributed by atoms with van der Waals surface area (Å²) in [5, 5.41) is 0. The maximum absolute atomic E-state index is 13.4. The van der Waals surface area contributed by atoms with Crippen LogP contribution in [0.15, 0.2) is 47.6 Å². The maximum atomic E-state index is 13.4. The smallest absolute Gasteiger partial charge is 0.268 e. The number of sulfonamides is 1. The van der Waals surface area contributed by atoms with Crippen LogP contribution in [0.25, 0.3) is 11.3 Å². The van der Waals surface area contributed by atoms with Crippen molar-refractivity contribution >= 4 is 27.6 Å². The third-order valence-electron chi connectivity index (χ3n) is 6.28. The standard InChI is InChI=1S/C25H30N6O4S/c1-15-12-25(3,4)31(14-15)22-18(23(32)30-36(33,34)20-7-6-10-27-21(20)26)8-9-19(29-22)17-11-16(2)24(35-5)28-13-17/h6-11,13,15H,12,14H2,1-5H3,(H2,26,27)(H,30,32)/t15-/m0/s1. The number of nitrogens with two attached hydrogens (primary N) is 1. The third kappa shape index (κ3) is 4.83. The first-order valence-electron chi connectivity index (χ1n) is 11.5. The quantitative estimate of drug-likeness (QED) is 0.511. The molecule has 1 aliphatic heterocycles. The van der Waals surface area contributed by atoms with Crippen LogP contribution in [0.4, 0.5) is 11.6 Å². The van der Waals surface area contributed by atoms with E-state index in [-0.39, 0.29) is 21.8 Å². The van der Waals surface area contributed by atoms with Crippen molar-refractivity contribution < 1.29 is 17.9 Å². The van der Waals surface area contributed by atoms with Gasteiger partial charge in [-0.05, 0) is 63.4 Å². The molecule has 4 rings (SSSR count). The minimum Gasteiger partial charge on any atom is -0.481 e. The summed E-state index contributed by atoms with van der Waals surface area (Å²) in [4.78, 5) is 28.1. The Kier molecular flexibility index (Phi) is 6.61.